The number of carbonyl (C=O) groups excluding carboxylic acids is 2. The Kier molecular flexibility index (Phi) is 4.01. The summed E-state index contributed by atoms with van der Waals surface area (Å²) in [5.41, 5.74) is 1.66. The molecule has 2 amide bonds. The molecule has 23 heavy (non-hydrogen) atoms. The van der Waals surface area contributed by atoms with E-state index in [1.807, 2.05) is 26.0 Å². The summed E-state index contributed by atoms with van der Waals surface area (Å²) in [6.07, 6.45) is 0.856. The Labute approximate surface area is 133 Å². The average Bonchev–Trinajstić information content (AvgIpc) is 2.95. The van der Waals surface area contributed by atoms with Crippen molar-refractivity contribution in [3.63, 3.8) is 0 Å². The van der Waals surface area contributed by atoms with Crippen molar-refractivity contribution < 1.29 is 14.3 Å². The molecular formula is C16H18N4O3. The lowest BCUT2D eigenvalue weighted by Crippen LogP contribution is -2.39. The van der Waals surface area contributed by atoms with Crippen LogP contribution in [-0.4, -0.2) is 27.7 Å². The van der Waals surface area contributed by atoms with E-state index in [4.69, 9.17) is 4.74 Å². The minimum Gasteiger partial charge on any atom is -0.478 e. The van der Waals surface area contributed by atoms with Gasteiger partial charge in [0.05, 0.1) is 12.1 Å². The van der Waals surface area contributed by atoms with E-state index in [2.05, 4.69) is 15.7 Å². The maximum atomic E-state index is 12.1. The number of aryl methyl sites for hydroxylation is 2. The number of nitrogens with one attached hydrogen (secondary N) is 2. The zero-order valence-corrected chi connectivity index (χ0v) is 13.0. The number of carbonyl (C=O) groups is 2. The molecule has 2 aromatic rings. The van der Waals surface area contributed by atoms with Gasteiger partial charge in [0, 0.05) is 18.8 Å². The molecule has 0 radical (unpaired) electrons. The Morgan fingerprint density at radius 2 is 2.26 bits per heavy atom. The number of aromatic nitrogens is 2. The maximum Gasteiger partial charge on any atom is 0.266 e. The lowest BCUT2D eigenvalue weighted by molar-refractivity contribution is -0.128. The fraction of sp³-hybridized carbons (Fsp3) is 0.312. The molecule has 2 heterocycles. The van der Waals surface area contributed by atoms with Gasteiger partial charge >= 0.3 is 0 Å². The van der Waals surface area contributed by atoms with Gasteiger partial charge < -0.3 is 15.4 Å². The Morgan fingerprint density at radius 3 is 3.00 bits per heavy atom. The second-order valence-corrected chi connectivity index (χ2v) is 5.40. The lowest BCUT2D eigenvalue weighted by atomic mass is 10.1. The molecule has 7 heteroatoms. The molecule has 1 unspecified atom stereocenters. The Bertz CT molecular complexity index is 754. The van der Waals surface area contributed by atoms with Crippen molar-refractivity contribution in [3.8, 4) is 5.75 Å². The summed E-state index contributed by atoms with van der Waals surface area (Å²) in [6, 6.07) is 7.23. The predicted molar refractivity (Wildman–Crippen MR) is 85.4 cm³/mol. The van der Waals surface area contributed by atoms with Crippen LogP contribution < -0.4 is 15.4 Å². The van der Waals surface area contributed by atoms with Crippen LogP contribution in [0.25, 0.3) is 0 Å². The first-order chi connectivity index (χ1) is 11.0. The van der Waals surface area contributed by atoms with Gasteiger partial charge in [-0.25, -0.2) is 0 Å². The number of hydrogen-bond acceptors (Lipinski definition) is 4. The minimum absolute atomic E-state index is 0.0713. The maximum absolute atomic E-state index is 12.1. The Morgan fingerprint density at radius 1 is 1.43 bits per heavy atom. The van der Waals surface area contributed by atoms with Crippen LogP contribution in [-0.2, 0) is 16.1 Å². The third-order valence-corrected chi connectivity index (χ3v) is 3.56. The number of nitrogens with zero attached hydrogens (tertiary/aromatic N) is 2. The van der Waals surface area contributed by atoms with Crippen molar-refractivity contribution in [2.75, 3.05) is 10.6 Å². The van der Waals surface area contributed by atoms with Gasteiger partial charge in [-0.15, -0.1) is 0 Å². The summed E-state index contributed by atoms with van der Waals surface area (Å²) in [6.45, 7) is 4.61. The molecule has 1 atom stereocenters. The summed E-state index contributed by atoms with van der Waals surface area (Å²) in [5.74, 6) is 0.395. The molecule has 120 valence electrons. The van der Waals surface area contributed by atoms with Crippen molar-refractivity contribution in [2.45, 2.75) is 32.9 Å². The topological polar surface area (TPSA) is 85.3 Å². The molecule has 0 saturated carbocycles. The number of rotatable bonds is 4. The first kappa shape index (κ1) is 15.1. The van der Waals surface area contributed by atoms with E-state index in [1.165, 1.54) is 0 Å². The molecule has 0 fully saturated rings. The standard InChI is InChI=1S/C16H18N4O3/c1-3-20-7-6-14(19-20)18-15(21)9-13-16(22)17-11-8-10(2)4-5-12(11)23-13/h4-8,13H,3,9H2,1-2H3,(H,17,22)(H,18,19,21). The van der Waals surface area contributed by atoms with Crippen LogP contribution in [0.4, 0.5) is 11.5 Å². The van der Waals surface area contributed by atoms with Crippen molar-refractivity contribution in [1.82, 2.24) is 9.78 Å². The van der Waals surface area contributed by atoms with E-state index >= 15 is 0 Å². The molecule has 1 aliphatic rings. The van der Waals surface area contributed by atoms with E-state index in [0.29, 0.717) is 17.3 Å². The molecule has 0 spiro atoms. The quantitative estimate of drug-likeness (QED) is 0.903. The Hall–Kier alpha value is -2.83. The van der Waals surface area contributed by atoms with E-state index in [0.717, 1.165) is 12.1 Å². The monoisotopic (exact) mass is 314 g/mol. The van der Waals surface area contributed by atoms with Crippen LogP contribution >= 0.6 is 0 Å². The van der Waals surface area contributed by atoms with Gasteiger partial charge in [0.1, 0.15) is 5.75 Å². The second-order valence-electron chi connectivity index (χ2n) is 5.40. The third-order valence-electron chi connectivity index (χ3n) is 3.56. The van der Waals surface area contributed by atoms with Crippen molar-refractivity contribution >= 4 is 23.3 Å². The highest BCUT2D eigenvalue weighted by molar-refractivity contribution is 6.01. The first-order valence-corrected chi connectivity index (χ1v) is 7.46. The summed E-state index contributed by atoms with van der Waals surface area (Å²) >= 11 is 0. The molecule has 3 rings (SSSR count). The average molecular weight is 314 g/mol. The zero-order valence-electron chi connectivity index (χ0n) is 13.0. The molecule has 2 N–H and O–H groups in total. The fourth-order valence-electron chi connectivity index (χ4n) is 2.37. The van der Waals surface area contributed by atoms with Crippen LogP contribution in [0.5, 0.6) is 5.75 Å². The minimum atomic E-state index is -0.849. The number of ether oxygens (including phenoxy) is 1. The predicted octanol–water partition coefficient (Wildman–Crippen LogP) is 1.94. The fourth-order valence-corrected chi connectivity index (χ4v) is 2.37. The van der Waals surface area contributed by atoms with Crippen molar-refractivity contribution in [1.29, 1.82) is 0 Å². The molecule has 1 aromatic carbocycles. The molecule has 1 aromatic heterocycles. The molecule has 7 nitrogen and oxygen atoms in total. The normalized spacial score (nSPS) is 16.3. The number of amides is 2. The van der Waals surface area contributed by atoms with E-state index in [1.54, 1.807) is 23.0 Å². The van der Waals surface area contributed by atoms with Crippen molar-refractivity contribution in [3.05, 3.63) is 36.0 Å². The van der Waals surface area contributed by atoms with Crippen LogP contribution in [0.3, 0.4) is 0 Å². The number of hydrogen-bond donors (Lipinski definition) is 2. The third kappa shape index (κ3) is 3.33. The van der Waals surface area contributed by atoms with Crippen LogP contribution in [0, 0.1) is 6.92 Å². The number of anilines is 2. The molecular weight excluding hydrogens is 296 g/mol. The van der Waals surface area contributed by atoms with Crippen molar-refractivity contribution in [2.24, 2.45) is 0 Å². The SMILES string of the molecule is CCn1ccc(NC(=O)CC2Oc3ccc(C)cc3NC2=O)n1. The molecule has 1 aliphatic heterocycles. The number of fused-ring (bicyclic) bond motifs is 1. The van der Waals surface area contributed by atoms with Gasteiger partial charge in [-0.1, -0.05) is 6.07 Å². The van der Waals surface area contributed by atoms with Gasteiger partial charge in [-0.05, 0) is 31.5 Å². The Balaban J connectivity index is 1.64. The lowest BCUT2D eigenvalue weighted by Gasteiger charge is -2.25. The van der Waals surface area contributed by atoms with Gasteiger partial charge in [-0.2, -0.15) is 5.10 Å². The van der Waals surface area contributed by atoms with Crippen LogP contribution in [0.1, 0.15) is 18.9 Å². The van der Waals surface area contributed by atoms with E-state index < -0.39 is 6.10 Å². The highest BCUT2D eigenvalue weighted by Gasteiger charge is 2.29. The van der Waals surface area contributed by atoms with Gasteiger partial charge in [0.2, 0.25) is 5.91 Å². The summed E-state index contributed by atoms with van der Waals surface area (Å²) in [4.78, 5) is 24.1. The van der Waals surface area contributed by atoms with Gasteiger partial charge in [0.15, 0.2) is 11.9 Å². The molecule has 0 aliphatic carbocycles. The van der Waals surface area contributed by atoms with Gasteiger partial charge in [0.25, 0.3) is 5.91 Å². The largest absolute Gasteiger partial charge is 0.478 e. The number of benzene rings is 1. The summed E-state index contributed by atoms with van der Waals surface area (Å²) < 4.78 is 7.34. The first-order valence-electron chi connectivity index (χ1n) is 7.46. The van der Waals surface area contributed by atoms with Crippen LogP contribution in [0.2, 0.25) is 0 Å². The smallest absolute Gasteiger partial charge is 0.266 e. The highest BCUT2D eigenvalue weighted by Crippen LogP contribution is 2.31. The van der Waals surface area contributed by atoms with Gasteiger partial charge in [-0.3, -0.25) is 14.3 Å². The van der Waals surface area contributed by atoms with Crippen LogP contribution in [0.15, 0.2) is 30.5 Å². The zero-order chi connectivity index (χ0) is 16.4. The highest BCUT2D eigenvalue weighted by atomic mass is 16.5. The molecule has 0 saturated heterocycles. The van der Waals surface area contributed by atoms with E-state index in [-0.39, 0.29) is 18.2 Å². The summed E-state index contributed by atoms with van der Waals surface area (Å²) in [5, 5.41) is 9.61. The van der Waals surface area contributed by atoms with E-state index in [9.17, 15) is 9.59 Å². The summed E-state index contributed by atoms with van der Waals surface area (Å²) in [7, 11) is 0. The second kappa shape index (κ2) is 6.12. The molecule has 0 bridgehead atoms.